The summed E-state index contributed by atoms with van der Waals surface area (Å²) in [5.74, 6) is -1.16. The Morgan fingerprint density at radius 2 is 1.90 bits per heavy atom. The molecule has 1 aromatic heterocycles. The number of benzene rings is 1. The van der Waals surface area contributed by atoms with Crippen molar-refractivity contribution in [1.29, 1.82) is 0 Å². The van der Waals surface area contributed by atoms with E-state index in [9.17, 15) is 8.78 Å². The maximum Gasteiger partial charge on any atom is 0.133 e. The van der Waals surface area contributed by atoms with Crippen molar-refractivity contribution < 1.29 is 8.78 Å². The Labute approximate surface area is 117 Å². The molecular formula is C15H19F2N3. The molecule has 108 valence electrons. The quantitative estimate of drug-likeness (QED) is 0.939. The summed E-state index contributed by atoms with van der Waals surface area (Å²) in [5.41, 5.74) is 9.13. The molecule has 5 heteroatoms. The van der Waals surface area contributed by atoms with Crippen LogP contribution in [0.2, 0.25) is 0 Å². The van der Waals surface area contributed by atoms with E-state index in [-0.39, 0.29) is 5.56 Å². The van der Waals surface area contributed by atoms with Crippen molar-refractivity contribution in [2.45, 2.75) is 33.2 Å². The van der Waals surface area contributed by atoms with Gasteiger partial charge in [0, 0.05) is 24.3 Å². The largest absolute Gasteiger partial charge is 0.323 e. The number of hydrogen-bond donors (Lipinski definition) is 1. The van der Waals surface area contributed by atoms with Crippen LogP contribution in [0, 0.1) is 32.4 Å². The highest BCUT2D eigenvalue weighted by Crippen LogP contribution is 2.26. The molecule has 20 heavy (non-hydrogen) atoms. The highest BCUT2D eigenvalue weighted by Gasteiger charge is 2.21. The molecule has 2 rings (SSSR count). The van der Waals surface area contributed by atoms with E-state index in [0.717, 1.165) is 17.0 Å². The number of hydrogen-bond acceptors (Lipinski definition) is 2. The Bertz CT molecular complexity index is 647. The third-order valence-electron chi connectivity index (χ3n) is 3.77. The van der Waals surface area contributed by atoms with E-state index >= 15 is 0 Å². The maximum absolute atomic E-state index is 14.1. The lowest BCUT2D eigenvalue weighted by Gasteiger charge is -2.15. The van der Waals surface area contributed by atoms with Gasteiger partial charge in [0.2, 0.25) is 0 Å². The first kappa shape index (κ1) is 14.7. The molecule has 1 unspecified atom stereocenters. The van der Waals surface area contributed by atoms with Gasteiger partial charge in [0.1, 0.15) is 11.6 Å². The molecule has 0 fully saturated rings. The summed E-state index contributed by atoms with van der Waals surface area (Å²) in [6.45, 7) is 5.40. The Hall–Kier alpha value is -1.75. The average molecular weight is 279 g/mol. The summed E-state index contributed by atoms with van der Waals surface area (Å²) < 4.78 is 29.7. The topological polar surface area (TPSA) is 43.8 Å². The molecule has 2 N–H and O–H groups in total. The molecule has 0 aliphatic carbocycles. The molecule has 1 atom stereocenters. The Kier molecular flexibility index (Phi) is 3.90. The van der Waals surface area contributed by atoms with Crippen LogP contribution in [0.3, 0.4) is 0 Å². The van der Waals surface area contributed by atoms with Crippen molar-refractivity contribution in [3.8, 4) is 0 Å². The van der Waals surface area contributed by atoms with Crippen LogP contribution in [0.15, 0.2) is 12.1 Å². The van der Waals surface area contributed by atoms with Gasteiger partial charge in [-0.15, -0.1) is 0 Å². The monoisotopic (exact) mass is 279 g/mol. The van der Waals surface area contributed by atoms with E-state index in [1.807, 2.05) is 20.9 Å². The van der Waals surface area contributed by atoms with Crippen LogP contribution in [-0.4, -0.2) is 9.78 Å². The van der Waals surface area contributed by atoms with Gasteiger partial charge in [0.25, 0.3) is 0 Å². The number of nitrogens with two attached hydrogens (primary N) is 1. The molecule has 0 amide bonds. The second kappa shape index (κ2) is 5.32. The molecule has 3 nitrogen and oxygen atoms in total. The van der Waals surface area contributed by atoms with Gasteiger partial charge in [-0.1, -0.05) is 6.07 Å². The van der Waals surface area contributed by atoms with E-state index in [0.29, 0.717) is 12.0 Å². The smallest absolute Gasteiger partial charge is 0.133 e. The second-order valence-corrected chi connectivity index (χ2v) is 5.18. The molecule has 2 aromatic rings. The van der Waals surface area contributed by atoms with Crippen molar-refractivity contribution in [1.82, 2.24) is 9.78 Å². The zero-order valence-electron chi connectivity index (χ0n) is 12.2. The van der Waals surface area contributed by atoms with Crippen molar-refractivity contribution in [3.05, 3.63) is 51.8 Å². The zero-order valence-corrected chi connectivity index (χ0v) is 12.2. The summed E-state index contributed by atoms with van der Waals surface area (Å²) in [7, 11) is 1.84. The highest BCUT2D eigenvalue weighted by molar-refractivity contribution is 5.32. The van der Waals surface area contributed by atoms with E-state index < -0.39 is 17.7 Å². The Morgan fingerprint density at radius 1 is 1.25 bits per heavy atom. The van der Waals surface area contributed by atoms with Crippen molar-refractivity contribution in [2.24, 2.45) is 12.8 Å². The second-order valence-electron chi connectivity index (χ2n) is 5.18. The zero-order chi connectivity index (χ0) is 15.0. The van der Waals surface area contributed by atoms with Crippen LogP contribution in [-0.2, 0) is 13.5 Å². The van der Waals surface area contributed by atoms with Gasteiger partial charge in [-0.05, 0) is 44.4 Å². The van der Waals surface area contributed by atoms with Crippen LogP contribution >= 0.6 is 0 Å². The van der Waals surface area contributed by atoms with Gasteiger partial charge in [0.15, 0.2) is 0 Å². The number of rotatable bonds is 3. The maximum atomic E-state index is 14.1. The van der Waals surface area contributed by atoms with Crippen LogP contribution in [0.25, 0.3) is 0 Å². The number of halogens is 2. The van der Waals surface area contributed by atoms with E-state index in [1.165, 1.54) is 12.1 Å². The van der Waals surface area contributed by atoms with Crippen molar-refractivity contribution in [2.75, 3.05) is 0 Å². The molecule has 0 radical (unpaired) electrons. The standard InChI is InChI=1S/C15H19F2N3/c1-8-5-6-12(16)14(15(8)17)13(18)7-11-9(2)19-20(4)10(11)3/h5-6,13H,7,18H2,1-4H3. The van der Waals surface area contributed by atoms with Crippen LogP contribution in [0.1, 0.15) is 34.1 Å². The fourth-order valence-electron chi connectivity index (χ4n) is 2.45. The third-order valence-corrected chi connectivity index (χ3v) is 3.77. The molecule has 1 aromatic carbocycles. The highest BCUT2D eigenvalue weighted by atomic mass is 19.1. The average Bonchev–Trinajstić information content (AvgIpc) is 2.61. The normalized spacial score (nSPS) is 12.8. The molecule has 1 heterocycles. The number of nitrogens with zero attached hydrogens (tertiary/aromatic N) is 2. The van der Waals surface area contributed by atoms with Gasteiger partial charge < -0.3 is 5.73 Å². The minimum atomic E-state index is -0.725. The fraction of sp³-hybridized carbons (Fsp3) is 0.400. The molecule has 0 bridgehead atoms. The van der Waals surface area contributed by atoms with Gasteiger partial charge in [-0.2, -0.15) is 5.10 Å². The number of aryl methyl sites for hydroxylation is 3. The first-order chi connectivity index (χ1) is 9.32. The minimum Gasteiger partial charge on any atom is -0.323 e. The van der Waals surface area contributed by atoms with Crippen LogP contribution in [0.4, 0.5) is 8.78 Å². The predicted molar refractivity (Wildman–Crippen MR) is 74.4 cm³/mol. The fourth-order valence-corrected chi connectivity index (χ4v) is 2.45. The molecule has 0 spiro atoms. The minimum absolute atomic E-state index is 0.0485. The van der Waals surface area contributed by atoms with Gasteiger partial charge in [0.05, 0.1) is 5.69 Å². The summed E-state index contributed by atoms with van der Waals surface area (Å²) in [6, 6.07) is 1.95. The van der Waals surface area contributed by atoms with Crippen molar-refractivity contribution >= 4 is 0 Å². The summed E-state index contributed by atoms with van der Waals surface area (Å²) in [5, 5.41) is 4.29. The van der Waals surface area contributed by atoms with E-state index in [2.05, 4.69) is 5.10 Å². The predicted octanol–water partition coefficient (Wildman–Crippen LogP) is 2.87. The van der Waals surface area contributed by atoms with Crippen LogP contribution < -0.4 is 5.73 Å². The van der Waals surface area contributed by atoms with Crippen LogP contribution in [0.5, 0.6) is 0 Å². The lowest BCUT2D eigenvalue weighted by Crippen LogP contribution is -2.18. The Morgan fingerprint density at radius 3 is 2.45 bits per heavy atom. The molecule has 0 aliphatic rings. The van der Waals surface area contributed by atoms with Crippen molar-refractivity contribution in [3.63, 3.8) is 0 Å². The first-order valence-corrected chi connectivity index (χ1v) is 6.52. The molecule has 0 saturated carbocycles. The van der Waals surface area contributed by atoms with Gasteiger partial charge >= 0.3 is 0 Å². The third kappa shape index (κ3) is 2.45. The first-order valence-electron chi connectivity index (χ1n) is 6.52. The SMILES string of the molecule is Cc1ccc(F)c(C(N)Cc2c(C)nn(C)c2C)c1F. The number of aromatic nitrogens is 2. The van der Waals surface area contributed by atoms with E-state index in [4.69, 9.17) is 5.73 Å². The molecule has 0 aliphatic heterocycles. The van der Waals surface area contributed by atoms with Gasteiger partial charge in [-0.3, -0.25) is 4.68 Å². The van der Waals surface area contributed by atoms with Gasteiger partial charge in [-0.25, -0.2) is 8.78 Å². The molecule has 0 saturated heterocycles. The lowest BCUT2D eigenvalue weighted by molar-refractivity contribution is 0.519. The summed E-state index contributed by atoms with van der Waals surface area (Å²) >= 11 is 0. The molecular weight excluding hydrogens is 260 g/mol. The summed E-state index contributed by atoms with van der Waals surface area (Å²) in [4.78, 5) is 0. The lowest BCUT2D eigenvalue weighted by atomic mass is 9.96. The van der Waals surface area contributed by atoms with E-state index in [1.54, 1.807) is 11.6 Å². The summed E-state index contributed by atoms with van der Waals surface area (Å²) in [6.07, 6.45) is 0.364. The Balaban J connectivity index is 2.38.